The Morgan fingerprint density at radius 3 is 2.44 bits per heavy atom. The molecule has 0 saturated carbocycles. The van der Waals surface area contributed by atoms with Crippen molar-refractivity contribution in [3.05, 3.63) is 40.9 Å². The van der Waals surface area contributed by atoms with Gasteiger partial charge in [-0.25, -0.2) is 0 Å². The number of halogens is 1. The molecule has 6 heteroatoms. The average molecular weight is 308 g/mol. The van der Waals surface area contributed by atoms with Crippen LogP contribution >= 0.6 is 15.9 Å². The Bertz CT molecular complexity index is 540. The van der Waals surface area contributed by atoms with E-state index in [1.807, 2.05) is 24.3 Å². The molecular formula is C12H10BrN3O2. The van der Waals surface area contributed by atoms with Crippen LogP contribution in [0.2, 0.25) is 0 Å². The molecule has 1 aromatic heterocycles. The van der Waals surface area contributed by atoms with Crippen LogP contribution in [-0.4, -0.2) is 27.8 Å². The molecule has 5 nitrogen and oxygen atoms in total. The minimum Gasteiger partial charge on any atom is -0.480 e. The van der Waals surface area contributed by atoms with Gasteiger partial charge in [0.15, 0.2) is 0 Å². The molecule has 0 bridgehead atoms. The molecule has 18 heavy (non-hydrogen) atoms. The van der Waals surface area contributed by atoms with Crippen molar-refractivity contribution in [1.29, 1.82) is 0 Å². The van der Waals surface area contributed by atoms with Crippen LogP contribution in [0, 0.1) is 0 Å². The van der Waals surface area contributed by atoms with Crippen molar-refractivity contribution in [2.24, 2.45) is 0 Å². The van der Waals surface area contributed by atoms with E-state index in [1.165, 1.54) is 0 Å². The highest BCUT2D eigenvalue weighted by Gasteiger charge is 2.02. The molecule has 0 fully saturated rings. The average Bonchev–Trinajstić information content (AvgIpc) is 2.38. The van der Waals surface area contributed by atoms with Crippen LogP contribution in [0.25, 0.3) is 11.3 Å². The summed E-state index contributed by atoms with van der Waals surface area (Å²) >= 11 is 3.36. The summed E-state index contributed by atoms with van der Waals surface area (Å²) in [6.07, 6.45) is 0. The molecule has 0 spiro atoms. The number of aromatic nitrogens is 2. The van der Waals surface area contributed by atoms with Gasteiger partial charge < -0.3 is 10.4 Å². The molecule has 0 radical (unpaired) electrons. The molecule has 2 aromatic rings. The van der Waals surface area contributed by atoms with Gasteiger partial charge in [0.25, 0.3) is 0 Å². The van der Waals surface area contributed by atoms with Crippen molar-refractivity contribution >= 4 is 27.7 Å². The van der Waals surface area contributed by atoms with Crippen molar-refractivity contribution in [3.63, 3.8) is 0 Å². The highest BCUT2D eigenvalue weighted by Crippen LogP contribution is 2.19. The van der Waals surface area contributed by atoms with Crippen LogP contribution in [-0.2, 0) is 4.79 Å². The lowest BCUT2D eigenvalue weighted by molar-refractivity contribution is -0.134. The first-order valence-corrected chi connectivity index (χ1v) is 6.00. The maximum atomic E-state index is 10.4. The molecule has 0 aliphatic rings. The summed E-state index contributed by atoms with van der Waals surface area (Å²) in [5.41, 5.74) is 1.69. The Morgan fingerprint density at radius 2 is 1.89 bits per heavy atom. The molecule has 0 amide bonds. The van der Waals surface area contributed by atoms with Gasteiger partial charge in [-0.2, -0.15) is 0 Å². The van der Waals surface area contributed by atoms with E-state index in [1.54, 1.807) is 12.1 Å². The van der Waals surface area contributed by atoms with Gasteiger partial charge in [-0.3, -0.25) is 4.79 Å². The van der Waals surface area contributed by atoms with Gasteiger partial charge in [0, 0.05) is 10.0 Å². The molecule has 1 aromatic carbocycles. The van der Waals surface area contributed by atoms with Crippen LogP contribution < -0.4 is 5.32 Å². The number of carboxylic acids is 1. The SMILES string of the molecule is O=C(O)CNc1ccc(-c2ccc(Br)cc2)nn1. The largest absolute Gasteiger partial charge is 0.480 e. The fourth-order valence-electron chi connectivity index (χ4n) is 1.37. The first-order valence-electron chi connectivity index (χ1n) is 5.20. The van der Waals surface area contributed by atoms with Gasteiger partial charge >= 0.3 is 5.97 Å². The number of carbonyl (C=O) groups is 1. The Labute approximate surface area is 112 Å². The number of hydrogen-bond donors (Lipinski definition) is 2. The van der Waals surface area contributed by atoms with E-state index in [0.29, 0.717) is 5.82 Å². The lowest BCUT2D eigenvalue weighted by atomic mass is 10.1. The van der Waals surface area contributed by atoms with Crippen molar-refractivity contribution in [3.8, 4) is 11.3 Å². The molecule has 1 heterocycles. The zero-order valence-corrected chi connectivity index (χ0v) is 10.9. The smallest absolute Gasteiger partial charge is 0.322 e. The summed E-state index contributed by atoms with van der Waals surface area (Å²) in [7, 11) is 0. The number of rotatable bonds is 4. The molecule has 0 saturated heterocycles. The fourth-order valence-corrected chi connectivity index (χ4v) is 1.63. The number of nitrogens with one attached hydrogen (secondary N) is 1. The quantitative estimate of drug-likeness (QED) is 0.907. The number of nitrogens with zero attached hydrogens (tertiary/aromatic N) is 2. The molecule has 0 unspecified atom stereocenters. The van der Waals surface area contributed by atoms with Crippen LogP contribution in [0.4, 0.5) is 5.82 Å². The van der Waals surface area contributed by atoms with Gasteiger partial charge in [0.2, 0.25) is 0 Å². The number of aliphatic carboxylic acids is 1. The lowest BCUT2D eigenvalue weighted by Gasteiger charge is -2.03. The highest BCUT2D eigenvalue weighted by atomic mass is 79.9. The number of anilines is 1. The van der Waals surface area contributed by atoms with E-state index in [-0.39, 0.29) is 6.54 Å². The summed E-state index contributed by atoms with van der Waals surface area (Å²) in [6.45, 7) is -0.174. The van der Waals surface area contributed by atoms with E-state index in [9.17, 15) is 4.79 Å². The second kappa shape index (κ2) is 5.59. The van der Waals surface area contributed by atoms with E-state index in [4.69, 9.17) is 5.11 Å². The van der Waals surface area contributed by atoms with Gasteiger partial charge in [-0.05, 0) is 24.3 Å². The summed E-state index contributed by atoms with van der Waals surface area (Å²) in [6, 6.07) is 11.2. The first kappa shape index (κ1) is 12.5. The molecule has 92 valence electrons. The van der Waals surface area contributed by atoms with Crippen LogP contribution in [0.5, 0.6) is 0 Å². The topological polar surface area (TPSA) is 75.1 Å². The molecular weight excluding hydrogens is 298 g/mol. The number of carboxylic acid groups (broad SMARTS) is 1. The van der Waals surface area contributed by atoms with Crippen LogP contribution in [0.3, 0.4) is 0 Å². The van der Waals surface area contributed by atoms with Gasteiger partial charge in [-0.1, -0.05) is 28.1 Å². The highest BCUT2D eigenvalue weighted by molar-refractivity contribution is 9.10. The van der Waals surface area contributed by atoms with Crippen LogP contribution in [0.15, 0.2) is 40.9 Å². The van der Waals surface area contributed by atoms with Gasteiger partial charge in [-0.15, -0.1) is 10.2 Å². The molecule has 0 atom stereocenters. The summed E-state index contributed by atoms with van der Waals surface area (Å²) in [4.78, 5) is 10.4. The number of benzene rings is 1. The van der Waals surface area contributed by atoms with E-state index >= 15 is 0 Å². The third-order valence-corrected chi connectivity index (χ3v) is 2.75. The van der Waals surface area contributed by atoms with Gasteiger partial charge in [0.05, 0.1) is 5.69 Å². The summed E-state index contributed by atoms with van der Waals surface area (Å²) in [5.74, 6) is -0.493. The van der Waals surface area contributed by atoms with Crippen molar-refractivity contribution in [1.82, 2.24) is 10.2 Å². The Morgan fingerprint density at radius 1 is 1.17 bits per heavy atom. The van der Waals surface area contributed by atoms with Crippen molar-refractivity contribution < 1.29 is 9.90 Å². The fraction of sp³-hybridized carbons (Fsp3) is 0.0833. The predicted octanol–water partition coefficient (Wildman–Crippen LogP) is 2.40. The van der Waals surface area contributed by atoms with E-state index in [0.717, 1.165) is 15.7 Å². The van der Waals surface area contributed by atoms with E-state index < -0.39 is 5.97 Å². The minimum atomic E-state index is -0.936. The second-order valence-corrected chi connectivity index (χ2v) is 4.47. The molecule has 2 rings (SSSR count). The van der Waals surface area contributed by atoms with Crippen molar-refractivity contribution in [2.75, 3.05) is 11.9 Å². The maximum absolute atomic E-state index is 10.4. The van der Waals surface area contributed by atoms with Crippen LogP contribution in [0.1, 0.15) is 0 Å². The normalized spacial score (nSPS) is 10.1. The zero-order chi connectivity index (χ0) is 13.0. The third-order valence-electron chi connectivity index (χ3n) is 2.23. The maximum Gasteiger partial charge on any atom is 0.322 e. The minimum absolute atomic E-state index is 0.174. The Balaban J connectivity index is 2.12. The zero-order valence-electron chi connectivity index (χ0n) is 9.30. The first-order chi connectivity index (χ1) is 8.65. The van der Waals surface area contributed by atoms with Crippen molar-refractivity contribution in [2.45, 2.75) is 0 Å². The van der Waals surface area contributed by atoms with E-state index in [2.05, 4.69) is 31.4 Å². The molecule has 0 aliphatic carbocycles. The Kier molecular flexibility index (Phi) is 3.88. The molecule has 0 aliphatic heterocycles. The predicted molar refractivity (Wildman–Crippen MR) is 71.3 cm³/mol. The monoisotopic (exact) mass is 307 g/mol. The second-order valence-electron chi connectivity index (χ2n) is 3.56. The lowest BCUT2D eigenvalue weighted by Crippen LogP contribution is -2.13. The Hall–Kier alpha value is -1.95. The standard InChI is InChI=1S/C12H10BrN3O2/c13-9-3-1-8(2-4-9)10-5-6-11(16-15-10)14-7-12(17)18/h1-6H,7H2,(H,14,16)(H,17,18). The summed E-state index contributed by atoms with van der Waals surface area (Å²) in [5, 5.41) is 19.1. The third kappa shape index (κ3) is 3.27. The summed E-state index contributed by atoms with van der Waals surface area (Å²) < 4.78 is 0.999. The number of hydrogen-bond acceptors (Lipinski definition) is 4. The molecule has 2 N–H and O–H groups in total. The van der Waals surface area contributed by atoms with Gasteiger partial charge in [0.1, 0.15) is 12.4 Å².